The average molecular weight is 723 g/mol. The molecule has 1 aliphatic rings. The minimum Gasteiger partial charge on any atom is -0.478 e. The molecule has 0 fully saturated rings. The van der Waals surface area contributed by atoms with Crippen molar-refractivity contribution in [2.45, 2.75) is 18.9 Å². The Morgan fingerprint density at radius 1 is 1.02 bits per heavy atom. The fourth-order valence-corrected chi connectivity index (χ4v) is 6.36. The number of aromatic carboxylic acids is 1. The Morgan fingerprint density at radius 3 is 2.46 bits per heavy atom. The Morgan fingerprint density at radius 2 is 1.77 bits per heavy atom. The van der Waals surface area contributed by atoms with Crippen molar-refractivity contribution in [1.82, 2.24) is 30.4 Å². The molecule has 1 unspecified atom stereocenters. The lowest BCUT2D eigenvalue weighted by atomic mass is 9.83. The molecule has 1 atom stereocenters. The van der Waals surface area contributed by atoms with E-state index in [0.717, 1.165) is 16.7 Å². The fourth-order valence-electron chi connectivity index (χ4n) is 6.19. The van der Waals surface area contributed by atoms with E-state index < -0.39 is 23.7 Å². The number of rotatable bonds is 12. The van der Waals surface area contributed by atoms with E-state index in [4.69, 9.17) is 16.3 Å². The van der Waals surface area contributed by atoms with Gasteiger partial charge >= 0.3 is 5.97 Å². The predicted octanol–water partition coefficient (Wildman–Crippen LogP) is 5.15. The Hall–Kier alpha value is -6.05. The van der Waals surface area contributed by atoms with Gasteiger partial charge in [0.1, 0.15) is 12.4 Å². The first-order chi connectivity index (χ1) is 25.2. The lowest BCUT2D eigenvalue weighted by Crippen LogP contribution is -2.43. The molecule has 5 aromatic rings. The van der Waals surface area contributed by atoms with Crippen LogP contribution in [0.15, 0.2) is 91.3 Å². The number of ether oxygens (including phenoxy) is 1. The van der Waals surface area contributed by atoms with Gasteiger partial charge in [0.25, 0.3) is 5.91 Å². The molecule has 2 amide bonds. The van der Waals surface area contributed by atoms with Crippen LogP contribution in [0.1, 0.15) is 49.0 Å². The number of benzene rings is 4. The van der Waals surface area contributed by atoms with Crippen LogP contribution in [0.25, 0.3) is 22.9 Å². The Bertz CT molecular complexity index is 2160. The number of carboxylic acid groups (broad SMARTS) is 1. The van der Waals surface area contributed by atoms with Gasteiger partial charge in [0.05, 0.1) is 22.9 Å². The van der Waals surface area contributed by atoms with Crippen molar-refractivity contribution in [3.63, 3.8) is 0 Å². The fraction of sp³-hybridized carbons (Fsp3) is 0.184. The van der Waals surface area contributed by atoms with Gasteiger partial charge in [-0.05, 0) is 87.1 Å². The Balaban J connectivity index is 1.35. The van der Waals surface area contributed by atoms with Crippen LogP contribution in [0.3, 0.4) is 0 Å². The summed E-state index contributed by atoms with van der Waals surface area (Å²) in [6.45, 7) is 0.933. The minimum absolute atomic E-state index is 0.0231. The van der Waals surface area contributed by atoms with Crippen molar-refractivity contribution < 1.29 is 33.4 Å². The third kappa shape index (κ3) is 7.65. The van der Waals surface area contributed by atoms with Crippen molar-refractivity contribution in [3.05, 3.63) is 135 Å². The zero-order chi connectivity index (χ0) is 36.8. The van der Waals surface area contributed by atoms with E-state index in [-0.39, 0.29) is 46.5 Å². The number of methoxy groups -OCH3 is 1. The van der Waals surface area contributed by atoms with Crippen LogP contribution >= 0.6 is 11.6 Å². The summed E-state index contributed by atoms with van der Waals surface area (Å²) in [5.74, 6) is -2.93. The molecule has 0 radical (unpaired) electrons. The van der Waals surface area contributed by atoms with Gasteiger partial charge in [0, 0.05) is 43.8 Å². The van der Waals surface area contributed by atoms with Gasteiger partial charge in [-0.3, -0.25) is 14.4 Å². The van der Waals surface area contributed by atoms with Crippen LogP contribution in [0.5, 0.6) is 0 Å². The molecule has 6 rings (SSSR count). The first-order valence-corrected chi connectivity index (χ1v) is 16.6. The zero-order valence-corrected chi connectivity index (χ0v) is 28.6. The molecule has 14 heteroatoms. The number of hydrogen-bond donors (Lipinski definition) is 2. The Labute approximate surface area is 302 Å². The SMILES string of the molecule is COCCNC(=O)c1ccc(-c2cccc3c2CCN(C(=O)/C=C/c2c(-n4cnnn4)ccc(Cl)c2F)C3C(=O)Cc2ccc(C(=O)O)cc2)cc1. The van der Waals surface area contributed by atoms with E-state index in [1.54, 1.807) is 31.4 Å². The molecule has 1 aromatic heterocycles. The number of amides is 2. The van der Waals surface area contributed by atoms with Gasteiger partial charge in [-0.25, -0.2) is 9.18 Å². The van der Waals surface area contributed by atoms with E-state index in [9.17, 15) is 24.3 Å². The highest BCUT2D eigenvalue weighted by Gasteiger charge is 2.36. The van der Waals surface area contributed by atoms with Gasteiger partial charge < -0.3 is 20.1 Å². The molecule has 0 saturated carbocycles. The highest BCUT2D eigenvalue weighted by Crippen LogP contribution is 2.38. The first kappa shape index (κ1) is 35.8. The largest absolute Gasteiger partial charge is 0.478 e. The number of tetrazole rings is 1. The molecule has 12 nitrogen and oxygen atoms in total. The average Bonchev–Trinajstić information content (AvgIpc) is 3.70. The molecule has 2 N–H and O–H groups in total. The molecular formula is C38H32ClFN6O6. The number of halogens is 2. The predicted molar refractivity (Wildman–Crippen MR) is 190 cm³/mol. The standard InChI is InChI=1S/C38H32ClFN6O6/c1-52-20-18-41-37(49)25-11-9-24(10-12-25)27-3-2-4-29-28(27)17-19-45(36(29)33(47)21-23-5-7-26(8-6-23)38(50)51)34(48)16-13-30-32(46-22-42-43-44-46)15-14-31(39)35(30)40/h2-16,22,36H,17-21H2,1H3,(H,41,49)(H,50,51)/b16-13+. The molecule has 0 bridgehead atoms. The molecule has 0 spiro atoms. The number of carboxylic acids is 1. The van der Waals surface area contributed by atoms with E-state index in [1.165, 1.54) is 52.3 Å². The van der Waals surface area contributed by atoms with Crippen molar-refractivity contribution >= 4 is 41.2 Å². The number of Topliss-reactive ketones (excluding diaryl/α,β-unsaturated/α-hetero) is 1. The zero-order valence-electron chi connectivity index (χ0n) is 27.8. The maximum Gasteiger partial charge on any atom is 0.335 e. The topological polar surface area (TPSA) is 157 Å². The summed E-state index contributed by atoms with van der Waals surface area (Å²) in [5, 5.41) is 23.0. The van der Waals surface area contributed by atoms with Crippen LogP contribution in [0, 0.1) is 5.82 Å². The van der Waals surface area contributed by atoms with Crippen LogP contribution in [-0.2, 0) is 27.2 Å². The molecule has 264 valence electrons. The number of nitrogens with one attached hydrogen (secondary N) is 1. The Kier molecular flexibility index (Phi) is 10.9. The monoisotopic (exact) mass is 722 g/mol. The molecule has 0 saturated heterocycles. The number of aromatic nitrogens is 4. The molecule has 2 heterocycles. The van der Waals surface area contributed by atoms with Crippen LogP contribution in [0.2, 0.25) is 5.02 Å². The summed E-state index contributed by atoms with van der Waals surface area (Å²) < 4.78 is 21.5. The summed E-state index contributed by atoms with van der Waals surface area (Å²) >= 11 is 6.08. The van der Waals surface area contributed by atoms with Crippen molar-refractivity contribution in [1.29, 1.82) is 0 Å². The third-order valence-electron chi connectivity index (χ3n) is 8.74. The van der Waals surface area contributed by atoms with E-state index in [0.29, 0.717) is 36.3 Å². The number of carbonyl (C=O) groups excluding carboxylic acids is 3. The van der Waals surface area contributed by atoms with Gasteiger partial charge in [-0.1, -0.05) is 54.1 Å². The summed E-state index contributed by atoms with van der Waals surface area (Å²) in [5.41, 5.74) is 4.54. The second-order valence-electron chi connectivity index (χ2n) is 11.9. The van der Waals surface area contributed by atoms with Crippen LogP contribution in [-0.4, -0.2) is 80.6 Å². The van der Waals surface area contributed by atoms with Gasteiger partial charge in [0.15, 0.2) is 11.6 Å². The van der Waals surface area contributed by atoms with E-state index in [1.807, 2.05) is 30.3 Å². The summed E-state index contributed by atoms with van der Waals surface area (Å²) in [6, 6.07) is 20.5. The number of nitrogens with zero attached hydrogens (tertiary/aromatic N) is 5. The number of ketones is 1. The smallest absolute Gasteiger partial charge is 0.335 e. The van der Waals surface area contributed by atoms with Crippen LogP contribution in [0.4, 0.5) is 4.39 Å². The maximum absolute atomic E-state index is 15.3. The number of hydrogen-bond acceptors (Lipinski definition) is 8. The quantitative estimate of drug-likeness (QED) is 0.131. The maximum atomic E-state index is 15.3. The molecule has 1 aliphatic heterocycles. The number of carbonyl (C=O) groups is 4. The van der Waals surface area contributed by atoms with Gasteiger partial charge in [0.2, 0.25) is 5.91 Å². The summed E-state index contributed by atoms with van der Waals surface area (Å²) in [6.07, 6.45) is 4.08. The lowest BCUT2D eigenvalue weighted by Gasteiger charge is -2.37. The minimum atomic E-state index is -1.09. The number of fused-ring (bicyclic) bond motifs is 1. The summed E-state index contributed by atoms with van der Waals surface area (Å²) in [4.78, 5) is 53.6. The third-order valence-corrected chi connectivity index (χ3v) is 9.03. The lowest BCUT2D eigenvalue weighted by molar-refractivity contribution is -0.136. The van der Waals surface area contributed by atoms with Crippen molar-refractivity contribution in [2.24, 2.45) is 0 Å². The molecule has 52 heavy (non-hydrogen) atoms. The molecule has 0 aliphatic carbocycles. The van der Waals surface area contributed by atoms with E-state index in [2.05, 4.69) is 20.8 Å². The summed E-state index contributed by atoms with van der Waals surface area (Å²) in [7, 11) is 1.56. The van der Waals surface area contributed by atoms with E-state index >= 15 is 4.39 Å². The normalized spacial score (nSPS) is 13.9. The first-order valence-electron chi connectivity index (χ1n) is 16.2. The highest BCUT2D eigenvalue weighted by molar-refractivity contribution is 6.31. The second kappa shape index (κ2) is 15.9. The van der Waals surface area contributed by atoms with Gasteiger partial charge in [-0.15, -0.1) is 5.10 Å². The van der Waals surface area contributed by atoms with Crippen molar-refractivity contribution in [3.8, 4) is 16.8 Å². The molecule has 4 aromatic carbocycles. The molecular weight excluding hydrogens is 691 g/mol. The van der Waals surface area contributed by atoms with Gasteiger partial charge in [-0.2, -0.15) is 4.68 Å². The highest BCUT2D eigenvalue weighted by atomic mass is 35.5. The van der Waals surface area contributed by atoms with Crippen LogP contribution < -0.4 is 5.32 Å². The van der Waals surface area contributed by atoms with Crippen molar-refractivity contribution in [2.75, 3.05) is 26.8 Å². The second-order valence-corrected chi connectivity index (χ2v) is 12.3.